The first-order valence-corrected chi connectivity index (χ1v) is 10.3. The number of thiazole rings is 1. The average Bonchev–Trinajstić information content (AvgIpc) is 3.44. The summed E-state index contributed by atoms with van der Waals surface area (Å²) in [6.45, 7) is 2.07. The average molecular weight is 429 g/mol. The van der Waals surface area contributed by atoms with Crippen LogP contribution in [-0.2, 0) is 11.3 Å². The van der Waals surface area contributed by atoms with Crippen molar-refractivity contribution in [2.24, 2.45) is 0 Å². The molecule has 2 amide bonds. The Labute approximate surface area is 172 Å². The highest BCUT2D eigenvalue weighted by molar-refractivity contribution is 7.99. The molecule has 1 aromatic carbocycles. The van der Waals surface area contributed by atoms with E-state index in [0.717, 1.165) is 27.5 Å². The number of carbonyl (C=O) groups is 2. The summed E-state index contributed by atoms with van der Waals surface area (Å²) in [7, 11) is 0. The minimum absolute atomic E-state index is 0.0599. The molecule has 0 saturated carbocycles. The van der Waals surface area contributed by atoms with E-state index in [9.17, 15) is 9.59 Å². The number of rotatable bonds is 7. The lowest BCUT2D eigenvalue weighted by atomic mass is 10.2. The summed E-state index contributed by atoms with van der Waals surface area (Å²) in [4.78, 5) is 28.4. The Hall–Kier alpha value is -3.18. The lowest BCUT2D eigenvalue weighted by Crippen LogP contribution is -2.22. The monoisotopic (exact) mass is 429 g/mol. The fourth-order valence-corrected chi connectivity index (χ4v) is 3.95. The van der Waals surface area contributed by atoms with Crippen molar-refractivity contribution < 1.29 is 18.4 Å². The molecule has 11 heteroatoms. The van der Waals surface area contributed by atoms with Crippen molar-refractivity contribution in [2.45, 2.75) is 18.7 Å². The fourth-order valence-electron chi connectivity index (χ4n) is 2.39. The normalized spacial score (nSPS) is 10.9. The number of aryl methyl sites for hydroxylation is 1. The number of anilines is 1. The Morgan fingerprint density at radius 3 is 2.97 bits per heavy atom. The number of nitrogens with one attached hydrogen (secondary N) is 2. The summed E-state index contributed by atoms with van der Waals surface area (Å²) in [5.74, 6) is -0.0883. The fraction of sp³-hybridized carbons (Fsp3) is 0.167. The van der Waals surface area contributed by atoms with Crippen LogP contribution in [0.3, 0.4) is 0 Å². The van der Waals surface area contributed by atoms with Gasteiger partial charge in [-0.3, -0.25) is 9.59 Å². The Morgan fingerprint density at radius 2 is 2.14 bits per heavy atom. The molecule has 0 atom stereocenters. The van der Waals surface area contributed by atoms with Crippen LogP contribution in [0, 0.1) is 6.92 Å². The second-order valence-electron chi connectivity index (χ2n) is 5.95. The van der Waals surface area contributed by atoms with Crippen LogP contribution in [0.25, 0.3) is 10.2 Å². The van der Waals surface area contributed by atoms with Crippen LogP contribution in [0.1, 0.15) is 22.0 Å². The van der Waals surface area contributed by atoms with E-state index in [2.05, 4.69) is 25.8 Å². The van der Waals surface area contributed by atoms with Gasteiger partial charge in [0.2, 0.25) is 11.8 Å². The van der Waals surface area contributed by atoms with Gasteiger partial charge in [-0.25, -0.2) is 4.98 Å². The summed E-state index contributed by atoms with van der Waals surface area (Å²) in [5.41, 5.74) is 1.99. The van der Waals surface area contributed by atoms with E-state index in [-0.39, 0.29) is 41.0 Å². The van der Waals surface area contributed by atoms with Gasteiger partial charge in [0.15, 0.2) is 10.9 Å². The van der Waals surface area contributed by atoms with Crippen LogP contribution in [0.4, 0.5) is 5.13 Å². The van der Waals surface area contributed by atoms with Crippen LogP contribution in [-0.4, -0.2) is 32.7 Å². The molecule has 0 aliphatic heterocycles. The smallest absolute Gasteiger partial charge is 0.287 e. The van der Waals surface area contributed by atoms with E-state index < -0.39 is 0 Å². The molecule has 0 aliphatic rings. The number of benzene rings is 1. The number of hydrogen-bond donors (Lipinski definition) is 2. The maximum absolute atomic E-state index is 12.2. The first-order chi connectivity index (χ1) is 14.1. The molecule has 4 aromatic rings. The molecule has 0 fully saturated rings. The van der Waals surface area contributed by atoms with Crippen LogP contribution >= 0.6 is 23.1 Å². The lowest BCUT2D eigenvalue weighted by molar-refractivity contribution is -0.113. The van der Waals surface area contributed by atoms with Crippen molar-refractivity contribution in [3.05, 3.63) is 53.8 Å². The third kappa shape index (κ3) is 4.81. The van der Waals surface area contributed by atoms with E-state index in [1.165, 1.54) is 17.6 Å². The number of hydrogen-bond acceptors (Lipinski definition) is 9. The molecule has 0 unspecified atom stereocenters. The Morgan fingerprint density at radius 1 is 1.24 bits per heavy atom. The van der Waals surface area contributed by atoms with Gasteiger partial charge in [0.1, 0.15) is 0 Å². The highest BCUT2D eigenvalue weighted by Gasteiger charge is 2.14. The molecule has 4 rings (SSSR count). The van der Waals surface area contributed by atoms with E-state index in [4.69, 9.17) is 8.83 Å². The summed E-state index contributed by atoms with van der Waals surface area (Å²) in [6.07, 6.45) is 1.41. The number of carbonyl (C=O) groups excluding carboxylic acids is 2. The van der Waals surface area contributed by atoms with Gasteiger partial charge in [0.05, 0.1) is 28.8 Å². The summed E-state index contributed by atoms with van der Waals surface area (Å²) in [6, 6.07) is 9.11. The molecule has 9 nitrogen and oxygen atoms in total. The zero-order chi connectivity index (χ0) is 20.2. The molecule has 0 radical (unpaired) electrons. The molecular weight excluding hydrogens is 414 g/mol. The standard InChI is InChI=1S/C18H15N5O4S2/c1-10-4-5-11-13(7-10)29-17(20-11)21-14(24)9-28-18-23-22-15(27-18)8-19-16(25)12-3-2-6-26-12/h2-7H,8-9H2,1H3,(H,19,25)(H,20,21,24). The molecule has 0 spiro atoms. The van der Waals surface area contributed by atoms with Crippen molar-refractivity contribution in [2.75, 3.05) is 11.1 Å². The predicted octanol–water partition coefficient (Wildman–Crippen LogP) is 3.24. The van der Waals surface area contributed by atoms with E-state index in [0.29, 0.717) is 5.13 Å². The number of amides is 2. The second-order valence-corrected chi connectivity index (χ2v) is 7.91. The number of fused-ring (bicyclic) bond motifs is 1. The van der Waals surface area contributed by atoms with Crippen molar-refractivity contribution in [3.63, 3.8) is 0 Å². The van der Waals surface area contributed by atoms with Gasteiger partial charge in [0.25, 0.3) is 11.1 Å². The van der Waals surface area contributed by atoms with Crippen molar-refractivity contribution in [3.8, 4) is 0 Å². The van der Waals surface area contributed by atoms with E-state index >= 15 is 0 Å². The maximum Gasteiger partial charge on any atom is 0.287 e. The van der Waals surface area contributed by atoms with Gasteiger partial charge in [-0.15, -0.1) is 10.2 Å². The predicted molar refractivity (Wildman–Crippen MR) is 108 cm³/mol. The molecule has 0 aliphatic carbocycles. The van der Waals surface area contributed by atoms with Crippen LogP contribution < -0.4 is 10.6 Å². The molecule has 2 N–H and O–H groups in total. The molecule has 3 heterocycles. The van der Waals surface area contributed by atoms with Gasteiger partial charge in [-0.05, 0) is 36.8 Å². The number of aromatic nitrogens is 3. The SMILES string of the molecule is Cc1ccc2nc(NC(=O)CSc3nnc(CNC(=O)c4ccco4)o3)sc2c1. The molecule has 29 heavy (non-hydrogen) atoms. The largest absolute Gasteiger partial charge is 0.459 e. The lowest BCUT2D eigenvalue weighted by Gasteiger charge is -1.99. The molecule has 0 bridgehead atoms. The van der Waals surface area contributed by atoms with Gasteiger partial charge in [-0.2, -0.15) is 0 Å². The summed E-state index contributed by atoms with van der Waals surface area (Å²) in [5, 5.41) is 13.9. The minimum Gasteiger partial charge on any atom is -0.459 e. The van der Waals surface area contributed by atoms with E-state index in [1.807, 2.05) is 25.1 Å². The van der Waals surface area contributed by atoms with Crippen LogP contribution in [0.5, 0.6) is 0 Å². The highest BCUT2D eigenvalue weighted by atomic mass is 32.2. The first-order valence-electron chi connectivity index (χ1n) is 8.51. The van der Waals surface area contributed by atoms with Crippen LogP contribution in [0.15, 0.2) is 50.7 Å². The minimum atomic E-state index is -0.382. The molecule has 148 valence electrons. The maximum atomic E-state index is 12.2. The Balaban J connectivity index is 1.26. The second kappa shape index (κ2) is 8.45. The van der Waals surface area contributed by atoms with Crippen molar-refractivity contribution >= 4 is 50.3 Å². The number of furan rings is 1. The first kappa shape index (κ1) is 19.2. The molecular formula is C18H15N5O4S2. The van der Waals surface area contributed by atoms with Gasteiger partial charge in [0, 0.05) is 0 Å². The number of nitrogens with zero attached hydrogens (tertiary/aromatic N) is 3. The van der Waals surface area contributed by atoms with Gasteiger partial charge in [-0.1, -0.05) is 29.2 Å². The summed E-state index contributed by atoms with van der Waals surface area (Å²) < 4.78 is 11.4. The zero-order valence-corrected chi connectivity index (χ0v) is 16.8. The van der Waals surface area contributed by atoms with Gasteiger partial charge < -0.3 is 19.5 Å². The quantitative estimate of drug-likeness (QED) is 0.429. The van der Waals surface area contributed by atoms with Crippen molar-refractivity contribution in [1.82, 2.24) is 20.5 Å². The van der Waals surface area contributed by atoms with Crippen molar-refractivity contribution in [1.29, 1.82) is 0 Å². The van der Waals surface area contributed by atoms with E-state index in [1.54, 1.807) is 12.1 Å². The highest BCUT2D eigenvalue weighted by Crippen LogP contribution is 2.27. The van der Waals surface area contributed by atoms with Crippen LogP contribution in [0.2, 0.25) is 0 Å². The topological polar surface area (TPSA) is 123 Å². The third-order valence-electron chi connectivity index (χ3n) is 3.71. The Kier molecular flexibility index (Phi) is 5.58. The third-order valence-corrected chi connectivity index (χ3v) is 5.46. The molecule has 3 aromatic heterocycles. The van der Waals surface area contributed by atoms with Gasteiger partial charge >= 0.3 is 0 Å². The number of thioether (sulfide) groups is 1. The summed E-state index contributed by atoms with van der Waals surface area (Å²) >= 11 is 2.53. The Bertz CT molecular complexity index is 1150. The zero-order valence-electron chi connectivity index (χ0n) is 15.2. The molecule has 0 saturated heterocycles.